The zero-order chi connectivity index (χ0) is 12.7. The topological polar surface area (TPSA) is 81.4 Å². The van der Waals surface area contributed by atoms with E-state index in [1.165, 1.54) is 18.2 Å². The van der Waals surface area contributed by atoms with Crippen LogP contribution in [0.5, 0.6) is 0 Å². The van der Waals surface area contributed by atoms with Gasteiger partial charge in [-0.15, -0.1) is 0 Å². The maximum absolute atomic E-state index is 13.2. The second-order valence-corrected chi connectivity index (χ2v) is 3.25. The summed E-state index contributed by atoms with van der Waals surface area (Å²) in [5.41, 5.74) is 4.82. The molecule has 5 nitrogen and oxygen atoms in total. The van der Waals surface area contributed by atoms with Crippen LogP contribution in [0.1, 0.15) is 10.4 Å². The monoisotopic (exact) mass is 240 g/mol. The molecule has 6 heteroatoms. The van der Waals surface area contributed by atoms with Crippen LogP contribution >= 0.6 is 0 Å². The van der Waals surface area contributed by atoms with Gasteiger partial charge in [-0.2, -0.15) is 0 Å². The molecular formula is C11H13FN2O3. The Morgan fingerprint density at radius 3 is 2.71 bits per heavy atom. The number of halogens is 1. The van der Waals surface area contributed by atoms with Crippen LogP contribution in [0.2, 0.25) is 0 Å². The Bertz CT molecular complexity index is 409. The molecule has 17 heavy (non-hydrogen) atoms. The molecule has 0 saturated heterocycles. The second-order valence-electron chi connectivity index (χ2n) is 3.25. The van der Waals surface area contributed by atoms with Crippen LogP contribution in [0.4, 0.5) is 4.39 Å². The zero-order valence-electron chi connectivity index (χ0n) is 9.11. The SMILES string of the molecule is NC(=O)COCCNC(=O)c1ccccc1F. The smallest absolute Gasteiger partial charge is 0.254 e. The molecule has 2 amide bonds. The molecule has 0 saturated carbocycles. The molecule has 92 valence electrons. The highest BCUT2D eigenvalue weighted by Crippen LogP contribution is 2.05. The van der Waals surface area contributed by atoms with E-state index in [1.807, 2.05) is 0 Å². The molecule has 1 aromatic rings. The molecule has 0 aliphatic rings. The Labute approximate surface area is 97.7 Å². The van der Waals surface area contributed by atoms with Gasteiger partial charge in [0.1, 0.15) is 12.4 Å². The molecule has 0 aliphatic carbocycles. The van der Waals surface area contributed by atoms with Gasteiger partial charge in [-0.3, -0.25) is 9.59 Å². The van der Waals surface area contributed by atoms with E-state index in [1.54, 1.807) is 6.07 Å². The van der Waals surface area contributed by atoms with Crippen molar-refractivity contribution in [3.8, 4) is 0 Å². The van der Waals surface area contributed by atoms with E-state index in [0.29, 0.717) is 0 Å². The van der Waals surface area contributed by atoms with Crippen molar-refractivity contribution < 1.29 is 18.7 Å². The Kier molecular flexibility index (Phi) is 5.09. The average molecular weight is 240 g/mol. The van der Waals surface area contributed by atoms with Crippen LogP contribution in [0, 0.1) is 5.82 Å². The lowest BCUT2D eigenvalue weighted by molar-refractivity contribution is -0.122. The molecule has 0 fully saturated rings. The maximum atomic E-state index is 13.2. The fraction of sp³-hybridized carbons (Fsp3) is 0.273. The minimum atomic E-state index is -0.581. The molecule has 0 atom stereocenters. The summed E-state index contributed by atoms with van der Waals surface area (Å²) in [6, 6.07) is 5.66. The van der Waals surface area contributed by atoms with Crippen molar-refractivity contribution in [1.82, 2.24) is 5.32 Å². The number of carbonyl (C=O) groups excluding carboxylic acids is 2. The maximum Gasteiger partial charge on any atom is 0.254 e. The normalized spacial score (nSPS) is 9.94. The van der Waals surface area contributed by atoms with Crippen molar-refractivity contribution in [2.24, 2.45) is 5.73 Å². The van der Waals surface area contributed by atoms with Gasteiger partial charge in [0.25, 0.3) is 5.91 Å². The van der Waals surface area contributed by atoms with E-state index in [-0.39, 0.29) is 25.3 Å². The third-order valence-corrected chi connectivity index (χ3v) is 1.89. The van der Waals surface area contributed by atoms with E-state index in [0.717, 1.165) is 0 Å². The Morgan fingerprint density at radius 1 is 1.35 bits per heavy atom. The lowest BCUT2D eigenvalue weighted by atomic mass is 10.2. The van der Waals surface area contributed by atoms with E-state index in [2.05, 4.69) is 5.32 Å². The third-order valence-electron chi connectivity index (χ3n) is 1.89. The number of benzene rings is 1. The van der Waals surface area contributed by atoms with Gasteiger partial charge in [0.2, 0.25) is 5.91 Å². The highest BCUT2D eigenvalue weighted by molar-refractivity contribution is 5.94. The molecule has 0 spiro atoms. The summed E-state index contributed by atoms with van der Waals surface area (Å²) >= 11 is 0. The molecule has 0 radical (unpaired) electrons. The molecule has 0 unspecified atom stereocenters. The second kappa shape index (κ2) is 6.59. The molecule has 1 aromatic carbocycles. The van der Waals surface area contributed by atoms with Crippen molar-refractivity contribution in [1.29, 1.82) is 0 Å². The minimum Gasteiger partial charge on any atom is -0.370 e. The van der Waals surface area contributed by atoms with Gasteiger partial charge in [-0.25, -0.2) is 4.39 Å². The Balaban J connectivity index is 2.31. The first-order chi connectivity index (χ1) is 8.11. The quantitative estimate of drug-likeness (QED) is 0.690. The zero-order valence-corrected chi connectivity index (χ0v) is 9.11. The van der Waals surface area contributed by atoms with Gasteiger partial charge in [-0.05, 0) is 12.1 Å². The van der Waals surface area contributed by atoms with Crippen LogP contribution in [-0.4, -0.2) is 31.6 Å². The average Bonchev–Trinajstić information content (AvgIpc) is 2.28. The Morgan fingerprint density at radius 2 is 2.06 bits per heavy atom. The summed E-state index contributed by atoms with van der Waals surface area (Å²) < 4.78 is 18.0. The van der Waals surface area contributed by atoms with Crippen molar-refractivity contribution in [3.05, 3.63) is 35.6 Å². The van der Waals surface area contributed by atoms with Crippen LogP contribution in [0.3, 0.4) is 0 Å². The van der Waals surface area contributed by atoms with Gasteiger partial charge in [-0.1, -0.05) is 12.1 Å². The van der Waals surface area contributed by atoms with E-state index < -0.39 is 17.6 Å². The van der Waals surface area contributed by atoms with Gasteiger partial charge in [0.15, 0.2) is 0 Å². The molecule has 0 aromatic heterocycles. The summed E-state index contributed by atoms with van der Waals surface area (Å²) in [5.74, 6) is -1.68. The highest BCUT2D eigenvalue weighted by Gasteiger charge is 2.09. The van der Waals surface area contributed by atoms with Crippen molar-refractivity contribution in [2.75, 3.05) is 19.8 Å². The summed E-state index contributed by atoms with van der Waals surface area (Å²) in [6.45, 7) is 0.124. The first-order valence-electron chi connectivity index (χ1n) is 5.00. The van der Waals surface area contributed by atoms with Crippen molar-refractivity contribution in [2.45, 2.75) is 0 Å². The molecule has 0 aliphatic heterocycles. The molecule has 0 bridgehead atoms. The number of nitrogens with one attached hydrogen (secondary N) is 1. The minimum absolute atomic E-state index is 0.0256. The summed E-state index contributed by atoms with van der Waals surface area (Å²) in [4.78, 5) is 21.8. The van der Waals surface area contributed by atoms with Gasteiger partial charge >= 0.3 is 0 Å². The standard InChI is InChI=1S/C11H13FN2O3/c12-9-4-2-1-3-8(9)11(16)14-5-6-17-7-10(13)15/h1-4H,5-7H2,(H2,13,15)(H,14,16). The lowest BCUT2D eigenvalue weighted by Crippen LogP contribution is -2.29. The van der Waals surface area contributed by atoms with Crippen molar-refractivity contribution >= 4 is 11.8 Å². The number of primary amides is 1. The fourth-order valence-corrected chi connectivity index (χ4v) is 1.15. The summed E-state index contributed by atoms with van der Waals surface area (Å²) in [6.07, 6.45) is 0. The molecule has 0 heterocycles. The number of hydrogen-bond donors (Lipinski definition) is 2. The van der Waals surface area contributed by atoms with E-state index >= 15 is 0 Å². The molecular weight excluding hydrogens is 227 g/mol. The first kappa shape index (κ1) is 13.1. The van der Waals surface area contributed by atoms with Crippen molar-refractivity contribution in [3.63, 3.8) is 0 Å². The lowest BCUT2D eigenvalue weighted by Gasteiger charge is -2.05. The fourth-order valence-electron chi connectivity index (χ4n) is 1.15. The van der Waals surface area contributed by atoms with Gasteiger partial charge in [0.05, 0.1) is 12.2 Å². The van der Waals surface area contributed by atoms with Crippen LogP contribution in [0.15, 0.2) is 24.3 Å². The van der Waals surface area contributed by atoms with Crippen LogP contribution in [-0.2, 0) is 9.53 Å². The number of rotatable bonds is 6. The van der Waals surface area contributed by atoms with Crippen LogP contribution in [0.25, 0.3) is 0 Å². The number of hydrogen-bond acceptors (Lipinski definition) is 3. The van der Waals surface area contributed by atoms with E-state index in [9.17, 15) is 14.0 Å². The van der Waals surface area contributed by atoms with Gasteiger partial charge < -0.3 is 15.8 Å². The van der Waals surface area contributed by atoms with Crippen LogP contribution < -0.4 is 11.1 Å². The third kappa shape index (κ3) is 4.60. The summed E-state index contributed by atoms with van der Waals surface area (Å²) in [5, 5.41) is 2.46. The number of amides is 2. The number of ether oxygens (including phenoxy) is 1. The first-order valence-corrected chi connectivity index (χ1v) is 5.00. The van der Waals surface area contributed by atoms with Gasteiger partial charge in [0, 0.05) is 6.54 Å². The predicted molar refractivity (Wildman–Crippen MR) is 58.7 cm³/mol. The Hall–Kier alpha value is -1.95. The highest BCUT2D eigenvalue weighted by atomic mass is 19.1. The van der Waals surface area contributed by atoms with E-state index in [4.69, 9.17) is 10.5 Å². The largest absolute Gasteiger partial charge is 0.370 e. The summed E-state index contributed by atoms with van der Waals surface area (Å²) in [7, 11) is 0. The molecule has 3 N–H and O–H groups in total. The number of nitrogens with two attached hydrogens (primary N) is 1. The predicted octanol–water partition coefficient (Wildman–Crippen LogP) is 0.0574. The number of carbonyl (C=O) groups is 2. The molecule has 1 rings (SSSR count).